The SMILES string of the molecule is C=C(C)C(=O)OC.COC(=O)C1(C)CC1(Br)Br.ClCCl. The van der Waals surface area contributed by atoms with Gasteiger partial charge < -0.3 is 9.47 Å². The predicted molar refractivity (Wildman–Crippen MR) is 88.7 cm³/mol. The van der Waals surface area contributed by atoms with Crippen LogP contribution in [0.5, 0.6) is 0 Å². The van der Waals surface area contributed by atoms with Crippen molar-refractivity contribution in [2.45, 2.75) is 23.5 Å². The fourth-order valence-corrected chi connectivity index (χ4v) is 2.47. The van der Waals surface area contributed by atoms with Gasteiger partial charge in [-0.1, -0.05) is 38.4 Å². The van der Waals surface area contributed by atoms with Gasteiger partial charge >= 0.3 is 11.9 Å². The lowest BCUT2D eigenvalue weighted by Gasteiger charge is -2.07. The first-order valence-electron chi connectivity index (χ1n) is 5.36. The van der Waals surface area contributed by atoms with Gasteiger partial charge in [0, 0.05) is 5.57 Å². The van der Waals surface area contributed by atoms with E-state index in [0.717, 1.165) is 6.42 Å². The molecular formula is C12H18Br2Cl2O4. The van der Waals surface area contributed by atoms with Gasteiger partial charge in [-0.3, -0.25) is 4.79 Å². The maximum atomic E-state index is 11.0. The predicted octanol–water partition coefficient (Wildman–Crippen LogP) is 4.21. The fraction of sp³-hybridized carbons (Fsp3) is 0.667. The van der Waals surface area contributed by atoms with E-state index in [0.29, 0.717) is 5.57 Å². The third kappa shape index (κ3) is 7.29. The molecule has 0 amide bonds. The second-order valence-corrected chi connectivity index (χ2v) is 8.66. The van der Waals surface area contributed by atoms with E-state index in [1.54, 1.807) is 6.92 Å². The monoisotopic (exact) mass is 454 g/mol. The summed E-state index contributed by atoms with van der Waals surface area (Å²) in [6, 6.07) is 0. The van der Waals surface area contributed by atoms with Gasteiger partial charge in [-0.2, -0.15) is 0 Å². The standard InChI is InChI=1S/C6H8Br2O2.C5H8O2.CH2Cl2/c1-5(4(9)10-2)3-6(5,7)8;1-4(2)5(6)7-3;2-1-3/h3H2,1-2H3;1H2,2-3H3;1H2. The molecule has 0 bridgehead atoms. The average molecular weight is 457 g/mol. The first-order valence-corrected chi connectivity index (χ1v) is 8.01. The number of hydrogen-bond donors (Lipinski definition) is 0. The van der Waals surface area contributed by atoms with Gasteiger partial charge in [0.2, 0.25) is 0 Å². The molecule has 1 rings (SSSR count). The smallest absolute Gasteiger partial charge is 0.332 e. The van der Waals surface area contributed by atoms with Gasteiger partial charge in [-0.25, -0.2) is 4.79 Å². The molecule has 1 atom stereocenters. The highest BCUT2D eigenvalue weighted by Crippen LogP contribution is 2.66. The van der Waals surface area contributed by atoms with Crippen molar-refractivity contribution in [3.63, 3.8) is 0 Å². The Morgan fingerprint density at radius 1 is 1.25 bits per heavy atom. The molecule has 0 aromatic heterocycles. The summed E-state index contributed by atoms with van der Waals surface area (Å²) >= 11 is 16.3. The van der Waals surface area contributed by atoms with Gasteiger partial charge in [-0.15, -0.1) is 23.2 Å². The Labute approximate surface area is 146 Å². The molecular weight excluding hydrogens is 439 g/mol. The van der Waals surface area contributed by atoms with Crippen LogP contribution in [0, 0.1) is 5.41 Å². The van der Waals surface area contributed by atoms with Gasteiger partial charge in [0.05, 0.1) is 28.2 Å². The quantitative estimate of drug-likeness (QED) is 0.355. The fourth-order valence-electron chi connectivity index (χ4n) is 1.02. The second-order valence-electron chi connectivity index (χ2n) is 4.08. The summed E-state index contributed by atoms with van der Waals surface area (Å²) in [7, 11) is 2.74. The van der Waals surface area contributed by atoms with Crippen LogP contribution in [-0.4, -0.2) is 34.7 Å². The lowest BCUT2D eigenvalue weighted by Crippen LogP contribution is -2.18. The Hall–Kier alpha value is 0.220. The normalized spacial score (nSPS) is 21.2. The van der Waals surface area contributed by atoms with Crippen LogP contribution in [0.3, 0.4) is 0 Å². The Bertz CT molecular complexity index is 361. The van der Waals surface area contributed by atoms with E-state index in [1.807, 2.05) is 6.92 Å². The van der Waals surface area contributed by atoms with E-state index in [1.165, 1.54) is 14.2 Å². The molecule has 0 saturated heterocycles. The molecule has 0 aromatic carbocycles. The molecule has 1 fully saturated rings. The highest BCUT2D eigenvalue weighted by Gasteiger charge is 2.67. The minimum absolute atomic E-state index is 0.166. The van der Waals surface area contributed by atoms with Crippen molar-refractivity contribution in [2.75, 3.05) is 19.6 Å². The number of halogens is 4. The van der Waals surface area contributed by atoms with Crippen molar-refractivity contribution in [3.8, 4) is 0 Å². The second kappa shape index (κ2) is 10.0. The summed E-state index contributed by atoms with van der Waals surface area (Å²) in [6.07, 6.45) is 0.784. The average Bonchev–Trinajstić information content (AvgIpc) is 2.89. The van der Waals surface area contributed by atoms with Crippen LogP contribution in [0.1, 0.15) is 20.3 Å². The van der Waals surface area contributed by atoms with Crippen molar-refractivity contribution < 1.29 is 19.1 Å². The molecule has 1 aliphatic rings. The number of carbonyl (C=O) groups excluding carboxylic acids is 2. The van der Waals surface area contributed by atoms with Crippen LogP contribution in [0.25, 0.3) is 0 Å². The molecule has 0 radical (unpaired) electrons. The molecule has 0 N–H and O–H groups in total. The first kappa shape index (κ1) is 22.5. The van der Waals surface area contributed by atoms with Crippen LogP contribution in [0.4, 0.5) is 0 Å². The summed E-state index contributed by atoms with van der Waals surface area (Å²) < 4.78 is 8.66. The molecule has 0 heterocycles. The molecule has 0 spiro atoms. The highest BCUT2D eigenvalue weighted by molar-refractivity contribution is 9.25. The topological polar surface area (TPSA) is 52.6 Å². The maximum Gasteiger partial charge on any atom is 0.332 e. The van der Waals surface area contributed by atoms with E-state index in [4.69, 9.17) is 23.2 Å². The Balaban J connectivity index is 0. The third-order valence-electron chi connectivity index (χ3n) is 2.43. The third-order valence-corrected chi connectivity index (χ3v) is 4.74. The van der Waals surface area contributed by atoms with E-state index < -0.39 is 0 Å². The molecule has 1 saturated carbocycles. The van der Waals surface area contributed by atoms with Crippen LogP contribution < -0.4 is 0 Å². The van der Waals surface area contributed by atoms with Crippen molar-refractivity contribution in [1.29, 1.82) is 0 Å². The Morgan fingerprint density at radius 3 is 1.65 bits per heavy atom. The molecule has 4 nitrogen and oxygen atoms in total. The van der Waals surface area contributed by atoms with Crippen molar-refractivity contribution in [2.24, 2.45) is 5.41 Å². The zero-order valence-corrected chi connectivity index (χ0v) is 16.5. The number of ether oxygens (including phenoxy) is 2. The summed E-state index contributed by atoms with van der Waals surface area (Å²) in [6.45, 7) is 6.82. The lowest BCUT2D eigenvalue weighted by molar-refractivity contribution is -0.146. The van der Waals surface area contributed by atoms with Gasteiger partial charge in [0.15, 0.2) is 0 Å². The number of hydrogen-bond acceptors (Lipinski definition) is 4. The minimum atomic E-state index is -0.373. The molecule has 1 unspecified atom stereocenters. The maximum absolute atomic E-state index is 11.0. The number of esters is 2. The van der Waals surface area contributed by atoms with Crippen molar-refractivity contribution in [3.05, 3.63) is 12.2 Å². The molecule has 20 heavy (non-hydrogen) atoms. The molecule has 0 aliphatic heterocycles. The molecule has 0 aromatic rings. The van der Waals surface area contributed by atoms with E-state index in [2.05, 4.69) is 47.9 Å². The Morgan fingerprint density at radius 2 is 1.60 bits per heavy atom. The first-order chi connectivity index (χ1) is 9.03. The van der Waals surface area contributed by atoms with E-state index >= 15 is 0 Å². The number of methoxy groups -OCH3 is 2. The van der Waals surface area contributed by atoms with Crippen LogP contribution in [0.15, 0.2) is 12.2 Å². The summed E-state index contributed by atoms with van der Waals surface area (Å²) in [5.74, 6) is -0.513. The molecule has 118 valence electrons. The van der Waals surface area contributed by atoms with Gasteiger partial charge in [0.25, 0.3) is 0 Å². The lowest BCUT2D eigenvalue weighted by atomic mass is 10.1. The van der Waals surface area contributed by atoms with E-state index in [-0.39, 0.29) is 25.9 Å². The highest BCUT2D eigenvalue weighted by atomic mass is 79.9. The van der Waals surface area contributed by atoms with E-state index in [9.17, 15) is 9.59 Å². The summed E-state index contributed by atoms with van der Waals surface area (Å²) in [5.41, 5.74) is 0.0596. The molecule has 8 heteroatoms. The van der Waals surface area contributed by atoms with Crippen molar-refractivity contribution in [1.82, 2.24) is 0 Å². The number of rotatable bonds is 2. The van der Waals surface area contributed by atoms with Crippen molar-refractivity contribution >= 4 is 67.0 Å². The van der Waals surface area contributed by atoms with Gasteiger partial charge in [0.1, 0.15) is 0 Å². The number of carbonyl (C=O) groups is 2. The summed E-state index contributed by atoms with van der Waals surface area (Å²) in [5, 5.41) is 0.194. The zero-order chi connectivity index (χ0) is 16.6. The van der Waals surface area contributed by atoms with Crippen LogP contribution in [0.2, 0.25) is 0 Å². The van der Waals surface area contributed by atoms with Crippen LogP contribution in [-0.2, 0) is 19.1 Å². The van der Waals surface area contributed by atoms with Crippen LogP contribution >= 0.6 is 55.1 Å². The minimum Gasteiger partial charge on any atom is -0.469 e. The number of alkyl halides is 4. The largest absolute Gasteiger partial charge is 0.469 e. The Kier molecular flexibility index (Phi) is 11.3. The van der Waals surface area contributed by atoms with Gasteiger partial charge in [-0.05, 0) is 20.3 Å². The summed E-state index contributed by atoms with van der Waals surface area (Å²) in [4.78, 5) is 21.2. The molecule has 1 aliphatic carbocycles. The zero-order valence-electron chi connectivity index (χ0n) is 11.8.